The number of nitrogens with two attached hydrogens (primary N) is 2. The molecule has 6 heteroatoms. The van der Waals surface area contributed by atoms with Gasteiger partial charge in [-0.3, -0.25) is 4.79 Å². The molecule has 5 rings (SSSR count). The van der Waals surface area contributed by atoms with Gasteiger partial charge in [0.15, 0.2) is 0 Å². The van der Waals surface area contributed by atoms with Crippen LogP contribution >= 0.6 is 0 Å². The molecule has 1 heterocycles. The van der Waals surface area contributed by atoms with Crippen molar-refractivity contribution in [3.63, 3.8) is 0 Å². The third-order valence-electron chi connectivity index (χ3n) is 7.37. The molecule has 184 valence electrons. The van der Waals surface area contributed by atoms with E-state index in [4.69, 9.17) is 20.6 Å². The van der Waals surface area contributed by atoms with E-state index in [1.54, 1.807) is 18.2 Å². The van der Waals surface area contributed by atoms with Crippen LogP contribution in [0, 0.1) is 11.3 Å². The molecule has 0 spiro atoms. The highest BCUT2D eigenvalue weighted by Gasteiger charge is 2.55. The lowest BCUT2D eigenvalue weighted by Gasteiger charge is -2.54. The molecule has 0 saturated heterocycles. The highest BCUT2D eigenvalue weighted by molar-refractivity contribution is 6.05. The maximum absolute atomic E-state index is 11.9. The van der Waals surface area contributed by atoms with E-state index in [2.05, 4.69) is 20.8 Å². The van der Waals surface area contributed by atoms with Crippen LogP contribution in [0.5, 0.6) is 0 Å². The fourth-order valence-corrected chi connectivity index (χ4v) is 5.64. The van der Waals surface area contributed by atoms with Crippen molar-refractivity contribution in [2.45, 2.75) is 39.2 Å². The molecule has 1 saturated carbocycles. The van der Waals surface area contributed by atoms with Gasteiger partial charge < -0.3 is 20.6 Å². The number of fused-ring (bicyclic) bond motifs is 1. The van der Waals surface area contributed by atoms with E-state index >= 15 is 0 Å². The van der Waals surface area contributed by atoms with Crippen LogP contribution in [-0.4, -0.2) is 12.0 Å². The molecule has 0 bridgehead atoms. The molecule has 3 aromatic carbocycles. The summed E-state index contributed by atoms with van der Waals surface area (Å²) >= 11 is 0. The van der Waals surface area contributed by atoms with Gasteiger partial charge >= 0.3 is 6.09 Å². The minimum absolute atomic E-state index is 0.0519. The summed E-state index contributed by atoms with van der Waals surface area (Å²) < 4.78 is 12.1. The number of carbonyl (C=O) groups excluding carboxylic acids is 2. The van der Waals surface area contributed by atoms with Gasteiger partial charge in [-0.05, 0) is 47.6 Å². The van der Waals surface area contributed by atoms with Crippen LogP contribution in [0.3, 0.4) is 0 Å². The van der Waals surface area contributed by atoms with Crippen LogP contribution in [-0.2, 0) is 10.3 Å². The average Bonchev–Trinajstić information content (AvgIpc) is 3.20. The zero-order valence-electron chi connectivity index (χ0n) is 20.7. The fraction of sp³-hybridized carbons (Fsp3) is 0.267. The smallest absolute Gasteiger partial charge is 0.405 e. The Hall–Kier alpha value is -4.06. The minimum Gasteiger partial charge on any atom is -0.455 e. The summed E-state index contributed by atoms with van der Waals surface area (Å²) in [6.45, 7) is 6.47. The Bertz CT molecular complexity index is 1450. The molecule has 6 nitrogen and oxygen atoms in total. The molecule has 4 N–H and O–H groups in total. The molecular weight excluding hydrogens is 452 g/mol. The zero-order chi connectivity index (χ0) is 25.7. The van der Waals surface area contributed by atoms with E-state index in [0.717, 1.165) is 40.5 Å². The summed E-state index contributed by atoms with van der Waals surface area (Å²) in [6.07, 6.45) is 0.928. The van der Waals surface area contributed by atoms with Crippen LogP contribution in [0.4, 0.5) is 4.79 Å². The third-order valence-corrected chi connectivity index (χ3v) is 7.37. The first-order valence-electron chi connectivity index (χ1n) is 12.1. The maximum atomic E-state index is 11.9. The van der Waals surface area contributed by atoms with Gasteiger partial charge in [-0.15, -0.1) is 0 Å². The minimum atomic E-state index is -0.762. The lowest BCUT2D eigenvalue weighted by molar-refractivity contribution is -0.144. The molecule has 1 aliphatic rings. The second kappa shape index (κ2) is 8.55. The van der Waals surface area contributed by atoms with Gasteiger partial charge in [0.25, 0.3) is 0 Å². The lowest BCUT2D eigenvalue weighted by atomic mass is 9.56. The molecule has 2 atom stereocenters. The Morgan fingerprint density at radius 3 is 2.19 bits per heavy atom. The van der Waals surface area contributed by atoms with Crippen LogP contribution in [0.2, 0.25) is 0 Å². The van der Waals surface area contributed by atoms with Gasteiger partial charge in [-0.1, -0.05) is 75.4 Å². The second-order valence-corrected chi connectivity index (χ2v) is 10.6. The molecule has 2 unspecified atom stereocenters. The van der Waals surface area contributed by atoms with E-state index in [-0.39, 0.29) is 11.3 Å². The molecule has 36 heavy (non-hydrogen) atoms. The van der Waals surface area contributed by atoms with Gasteiger partial charge in [-0.25, -0.2) is 4.79 Å². The zero-order valence-corrected chi connectivity index (χ0v) is 20.7. The van der Waals surface area contributed by atoms with Crippen LogP contribution in [0.25, 0.3) is 33.4 Å². The van der Waals surface area contributed by atoms with E-state index in [9.17, 15) is 9.59 Å². The van der Waals surface area contributed by atoms with Crippen molar-refractivity contribution in [2.24, 2.45) is 22.8 Å². The van der Waals surface area contributed by atoms with Crippen LogP contribution in [0.15, 0.2) is 77.2 Å². The number of hydrogen-bond donors (Lipinski definition) is 2. The topological polar surface area (TPSA) is 109 Å². The van der Waals surface area contributed by atoms with Gasteiger partial charge in [0, 0.05) is 28.0 Å². The largest absolute Gasteiger partial charge is 0.455 e. The summed E-state index contributed by atoms with van der Waals surface area (Å²) in [5.41, 5.74) is 15.0. The van der Waals surface area contributed by atoms with Crippen LogP contribution in [0.1, 0.15) is 49.5 Å². The predicted octanol–water partition coefficient (Wildman–Crippen LogP) is 6.61. The highest BCUT2D eigenvalue weighted by atomic mass is 16.6. The Labute approximate surface area is 210 Å². The molecule has 0 aliphatic heterocycles. The number of primary amides is 2. The van der Waals surface area contributed by atoms with Crippen molar-refractivity contribution in [3.8, 4) is 22.5 Å². The number of hydrogen-bond acceptors (Lipinski definition) is 4. The number of furan rings is 1. The number of benzene rings is 3. The lowest BCUT2D eigenvalue weighted by Crippen LogP contribution is -2.53. The summed E-state index contributed by atoms with van der Waals surface area (Å²) in [5.74, 6) is 0.355. The second-order valence-electron chi connectivity index (χ2n) is 10.6. The summed E-state index contributed by atoms with van der Waals surface area (Å²) in [6, 6.07) is 23.1. The molecule has 4 aromatic rings. The molecule has 0 radical (unpaired) electrons. The first-order valence-corrected chi connectivity index (χ1v) is 12.1. The Balaban J connectivity index is 1.63. The number of carbonyl (C=O) groups is 2. The monoisotopic (exact) mass is 482 g/mol. The van der Waals surface area contributed by atoms with Crippen molar-refractivity contribution in [2.75, 3.05) is 0 Å². The van der Waals surface area contributed by atoms with E-state index in [1.807, 2.05) is 54.6 Å². The van der Waals surface area contributed by atoms with Gasteiger partial charge in [0.05, 0.1) is 0 Å². The molecular formula is C30H30N2O4. The normalized spacial score (nSPS) is 19.6. The van der Waals surface area contributed by atoms with Gasteiger partial charge in [0.1, 0.15) is 16.9 Å². The van der Waals surface area contributed by atoms with E-state index in [1.165, 1.54) is 0 Å². The number of amides is 2. The first kappa shape index (κ1) is 23.7. The summed E-state index contributed by atoms with van der Waals surface area (Å²) in [4.78, 5) is 23.7. The molecule has 2 amide bonds. The average molecular weight is 483 g/mol. The van der Waals surface area contributed by atoms with Crippen molar-refractivity contribution >= 4 is 23.0 Å². The van der Waals surface area contributed by atoms with Crippen LogP contribution < -0.4 is 11.5 Å². The van der Waals surface area contributed by atoms with Gasteiger partial charge in [-0.2, -0.15) is 0 Å². The van der Waals surface area contributed by atoms with E-state index < -0.39 is 17.6 Å². The number of rotatable bonds is 5. The van der Waals surface area contributed by atoms with Crippen molar-refractivity contribution < 1.29 is 18.7 Å². The van der Waals surface area contributed by atoms with E-state index in [0.29, 0.717) is 16.9 Å². The quantitative estimate of drug-likeness (QED) is 0.333. The first-order chi connectivity index (χ1) is 17.1. The fourth-order valence-electron chi connectivity index (χ4n) is 5.64. The predicted molar refractivity (Wildman–Crippen MR) is 140 cm³/mol. The Morgan fingerprint density at radius 2 is 1.64 bits per heavy atom. The number of ether oxygens (including phenoxy) is 1. The van der Waals surface area contributed by atoms with Gasteiger partial charge in [0.2, 0.25) is 5.91 Å². The summed E-state index contributed by atoms with van der Waals surface area (Å²) in [7, 11) is 0. The third kappa shape index (κ3) is 3.92. The van der Waals surface area contributed by atoms with Crippen molar-refractivity contribution in [1.29, 1.82) is 0 Å². The Kier molecular flexibility index (Phi) is 5.62. The Morgan fingerprint density at radius 1 is 0.944 bits per heavy atom. The molecule has 1 fully saturated rings. The van der Waals surface area contributed by atoms with Crippen molar-refractivity contribution in [3.05, 3.63) is 83.9 Å². The van der Waals surface area contributed by atoms with Crippen molar-refractivity contribution in [1.82, 2.24) is 0 Å². The summed E-state index contributed by atoms with van der Waals surface area (Å²) in [5, 5.41) is 0.817. The SMILES string of the molecule is CC(C)(C)C1CCC1(OC(N)=O)c1ccc(-c2oc3ccc(C(N)=O)cc3c2-c2ccccc2)cc1. The molecule has 1 aromatic heterocycles. The molecule has 1 aliphatic carbocycles. The highest BCUT2D eigenvalue weighted by Crippen LogP contribution is 2.57. The maximum Gasteiger partial charge on any atom is 0.405 e. The standard InChI is InChI=1S/C30H30N2O4/c1-29(2,3)24-15-16-30(24,36-28(32)34)21-12-9-19(10-13-21)26-25(18-7-5-4-6-8-18)22-17-20(27(31)33)11-14-23(22)35-26/h4-14,17,24H,15-16H2,1-3H3,(H2,31,33)(H2,32,34).